The van der Waals surface area contributed by atoms with Gasteiger partial charge in [-0.05, 0) is 35.9 Å². The summed E-state index contributed by atoms with van der Waals surface area (Å²) in [5.41, 5.74) is 2.94. The van der Waals surface area contributed by atoms with E-state index in [2.05, 4.69) is 10.1 Å². The molecule has 0 atom stereocenters. The molecule has 0 saturated heterocycles. The predicted molar refractivity (Wildman–Crippen MR) is 116 cm³/mol. The Kier molecular flexibility index (Phi) is 6.02. The van der Waals surface area contributed by atoms with Crippen LogP contribution in [0, 0.1) is 0 Å². The number of rotatable bonds is 8. The van der Waals surface area contributed by atoms with Crippen LogP contribution in [-0.2, 0) is 18.1 Å². The summed E-state index contributed by atoms with van der Waals surface area (Å²) in [7, 11) is 1.62. The zero-order valence-electron chi connectivity index (χ0n) is 15.9. The van der Waals surface area contributed by atoms with Gasteiger partial charge >= 0.3 is 0 Å². The van der Waals surface area contributed by atoms with Crippen molar-refractivity contribution in [1.82, 2.24) is 4.98 Å². The molecule has 1 heterocycles. The van der Waals surface area contributed by atoms with Crippen molar-refractivity contribution in [2.75, 3.05) is 7.11 Å². The van der Waals surface area contributed by atoms with Gasteiger partial charge in [0.05, 0.1) is 23.5 Å². The second kappa shape index (κ2) is 9.21. The van der Waals surface area contributed by atoms with Gasteiger partial charge in [0.15, 0.2) is 18.1 Å². The molecular formula is C23H20N2O3S. The van der Waals surface area contributed by atoms with Gasteiger partial charge in [0.1, 0.15) is 11.6 Å². The van der Waals surface area contributed by atoms with E-state index in [1.165, 1.54) is 0 Å². The number of thiazole rings is 1. The lowest BCUT2D eigenvalue weighted by molar-refractivity contribution is 0.132. The molecule has 0 fully saturated rings. The van der Waals surface area contributed by atoms with Crippen LogP contribution in [0.15, 0.2) is 78.0 Å². The van der Waals surface area contributed by atoms with Crippen molar-refractivity contribution in [2.45, 2.75) is 13.2 Å². The molecule has 0 aliphatic heterocycles. The Morgan fingerprint density at radius 3 is 2.59 bits per heavy atom. The minimum Gasteiger partial charge on any atom is -0.493 e. The highest BCUT2D eigenvalue weighted by Crippen LogP contribution is 2.28. The smallest absolute Gasteiger partial charge is 0.168 e. The van der Waals surface area contributed by atoms with Crippen LogP contribution in [0.2, 0.25) is 0 Å². The molecule has 0 saturated carbocycles. The van der Waals surface area contributed by atoms with Crippen LogP contribution in [0.5, 0.6) is 11.5 Å². The normalized spacial score (nSPS) is 11.1. The van der Waals surface area contributed by atoms with Crippen LogP contribution in [0.25, 0.3) is 10.2 Å². The van der Waals surface area contributed by atoms with E-state index in [4.69, 9.17) is 14.3 Å². The Bertz CT molecular complexity index is 1080. The summed E-state index contributed by atoms with van der Waals surface area (Å²) in [5.74, 6) is 1.33. The van der Waals surface area contributed by atoms with Gasteiger partial charge in [-0.3, -0.25) is 0 Å². The van der Waals surface area contributed by atoms with Crippen molar-refractivity contribution < 1.29 is 14.3 Å². The quantitative estimate of drug-likeness (QED) is 0.290. The third-order valence-corrected chi connectivity index (χ3v) is 5.24. The van der Waals surface area contributed by atoms with Gasteiger partial charge in [0, 0.05) is 5.56 Å². The molecule has 146 valence electrons. The number of ether oxygens (including phenoxy) is 2. The molecule has 0 N–H and O–H groups in total. The summed E-state index contributed by atoms with van der Waals surface area (Å²) in [6.07, 6.45) is 1.65. The highest BCUT2D eigenvalue weighted by atomic mass is 32.1. The molecule has 29 heavy (non-hydrogen) atoms. The van der Waals surface area contributed by atoms with Crippen LogP contribution in [0.1, 0.15) is 16.1 Å². The third-order valence-electron chi connectivity index (χ3n) is 4.23. The van der Waals surface area contributed by atoms with Crippen molar-refractivity contribution in [3.8, 4) is 11.5 Å². The van der Waals surface area contributed by atoms with Crippen molar-refractivity contribution in [1.29, 1.82) is 0 Å². The number of aromatic nitrogens is 1. The average Bonchev–Trinajstić information content (AvgIpc) is 3.19. The number of fused-ring (bicyclic) bond motifs is 1. The second-order valence-corrected chi connectivity index (χ2v) is 7.38. The zero-order chi connectivity index (χ0) is 19.9. The van der Waals surface area contributed by atoms with Gasteiger partial charge in [0.25, 0.3) is 0 Å². The van der Waals surface area contributed by atoms with Gasteiger partial charge in [-0.15, -0.1) is 11.3 Å². The van der Waals surface area contributed by atoms with E-state index in [0.717, 1.165) is 26.4 Å². The van der Waals surface area contributed by atoms with Gasteiger partial charge in [-0.1, -0.05) is 47.6 Å². The molecule has 1 aromatic heterocycles. The maximum absolute atomic E-state index is 5.87. The van der Waals surface area contributed by atoms with Crippen LogP contribution < -0.4 is 9.47 Å². The summed E-state index contributed by atoms with van der Waals surface area (Å²) in [6, 6.07) is 23.7. The van der Waals surface area contributed by atoms with Crippen LogP contribution >= 0.6 is 11.3 Å². The summed E-state index contributed by atoms with van der Waals surface area (Å²) in [4.78, 5) is 9.93. The molecule has 3 aromatic carbocycles. The Hall–Kier alpha value is -3.38. The molecule has 0 aliphatic rings. The van der Waals surface area contributed by atoms with E-state index in [1.807, 2.05) is 72.8 Å². The Balaban J connectivity index is 1.35. The topological polar surface area (TPSA) is 52.9 Å². The molecule has 0 unspecified atom stereocenters. The molecule has 4 rings (SSSR count). The molecular weight excluding hydrogens is 384 g/mol. The third kappa shape index (κ3) is 4.92. The lowest BCUT2D eigenvalue weighted by atomic mass is 10.2. The first-order chi connectivity index (χ1) is 14.3. The first-order valence-corrected chi connectivity index (χ1v) is 9.98. The lowest BCUT2D eigenvalue weighted by Crippen LogP contribution is -1.98. The number of methoxy groups -OCH3 is 1. The van der Waals surface area contributed by atoms with E-state index in [9.17, 15) is 0 Å². The fourth-order valence-corrected chi connectivity index (χ4v) is 3.67. The maximum Gasteiger partial charge on any atom is 0.168 e. The Labute approximate surface area is 173 Å². The first-order valence-electron chi connectivity index (χ1n) is 9.16. The van der Waals surface area contributed by atoms with Crippen molar-refractivity contribution in [3.63, 3.8) is 0 Å². The minimum absolute atomic E-state index is 0.339. The number of benzene rings is 3. The van der Waals surface area contributed by atoms with Crippen molar-refractivity contribution in [3.05, 3.63) is 88.9 Å². The van der Waals surface area contributed by atoms with Crippen LogP contribution in [0.4, 0.5) is 0 Å². The fraction of sp³-hybridized carbons (Fsp3) is 0.130. The molecule has 6 heteroatoms. The lowest BCUT2D eigenvalue weighted by Gasteiger charge is -2.11. The average molecular weight is 404 g/mol. The first kappa shape index (κ1) is 19.0. The van der Waals surface area contributed by atoms with Crippen molar-refractivity contribution in [2.24, 2.45) is 5.16 Å². The van der Waals surface area contributed by atoms with E-state index in [1.54, 1.807) is 24.7 Å². The summed E-state index contributed by atoms with van der Waals surface area (Å²) >= 11 is 1.61. The van der Waals surface area contributed by atoms with Gasteiger partial charge < -0.3 is 14.3 Å². The minimum atomic E-state index is 0.339. The highest BCUT2D eigenvalue weighted by molar-refractivity contribution is 7.18. The Morgan fingerprint density at radius 1 is 0.931 bits per heavy atom. The van der Waals surface area contributed by atoms with Gasteiger partial charge in [-0.25, -0.2) is 4.98 Å². The molecule has 0 spiro atoms. The number of nitrogens with zero attached hydrogens (tertiary/aromatic N) is 2. The molecule has 0 bridgehead atoms. The zero-order valence-corrected chi connectivity index (χ0v) is 16.8. The van der Waals surface area contributed by atoms with Gasteiger partial charge in [0.2, 0.25) is 0 Å². The van der Waals surface area contributed by atoms with Gasteiger partial charge in [-0.2, -0.15) is 0 Å². The number of oxime groups is 1. The molecule has 0 radical (unpaired) electrons. The van der Waals surface area contributed by atoms with Crippen LogP contribution in [-0.4, -0.2) is 18.3 Å². The van der Waals surface area contributed by atoms with E-state index < -0.39 is 0 Å². The van der Waals surface area contributed by atoms with E-state index in [-0.39, 0.29) is 0 Å². The maximum atomic E-state index is 5.87. The predicted octanol–water partition coefficient (Wildman–Crippen LogP) is 5.43. The molecule has 4 aromatic rings. The monoisotopic (exact) mass is 404 g/mol. The fourth-order valence-electron chi connectivity index (χ4n) is 2.79. The second-order valence-electron chi connectivity index (χ2n) is 6.27. The highest BCUT2D eigenvalue weighted by Gasteiger charge is 2.06. The van der Waals surface area contributed by atoms with E-state index >= 15 is 0 Å². The summed E-state index contributed by atoms with van der Waals surface area (Å²) in [5, 5.41) is 4.95. The summed E-state index contributed by atoms with van der Waals surface area (Å²) < 4.78 is 12.5. The Morgan fingerprint density at radius 2 is 1.76 bits per heavy atom. The number of para-hydroxylation sites is 1. The molecule has 0 aliphatic carbocycles. The van der Waals surface area contributed by atoms with Crippen LogP contribution in [0.3, 0.4) is 0 Å². The number of hydrogen-bond acceptors (Lipinski definition) is 6. The largest absolute Gasteiger partial charge is 0.493 e. The molecule has 0 amide bonds. The standard InChI is InChI=1S/C23H20N2O3S/c1-26-21-13-18(11-12-20(21)27-15-17-7-3-2-4-8-17)14-24-28-16-23-25-19-9-5-6-10-22(19)29-23/h2-14H,15-16H2,1H3/b24-14-. The number of hydrogen-bond donors (Lipinski definition) is 0. The van der Waals surface area contributed by atoms with Crippen molar-refractivity contribution >= 4 is 27.8 Å². The summed E-state index contributed by atoms with van der Waals surface area (Å²) in [6.45, 7) is 0.821. The van der Waals surface area contributed by atoms with E-state index in [0.29, 0.717) is 24.7 Å². The SMILES string of the molecule is COc1cc(/C=N\OCc2nc3ccccc3s2)ccc1OCc1ccccc1. The molecule has 5 nitrogen and oxygen atoms in total.